The van der Waals surface area contributed by atoms with Gasteiger partial charge in [0.15, 0.2) is 0 Å². The van der Waals surface area contributed by atoms with Gasteiger partial charge in [0.25, 0.3) is 5.91 Å². The molecule has 0 aliphatic carbocycles. The van der Waals surface area contributed by atoms with E-state index in [0.29, 0.717) is 28.0 Å². The van der Waals surface area contributed by atoms with Crippen LogP contribution in [0.1, 0.15) is 34.3 Å². The Labute approximate surface area is 197 Å². The number of amides is 1. The Bertz CT molecular complexity index is 1110. The number of carbonyl (C=O) groups is 1. The molecule has 1 fully saturated rings. The molecule has 164 valence electrons. The molecule has 5 nitrogen and oxygen atoms in total. The first-order valence-electron chi connectivity index (χ1n) is 10.4. The first-order chi connectivity index (χ1) is 15.6. The van der Waals surface area contributed by atoms with Crippen molar-refractivity contribution in [3.63, 3.8) is 0 Å². The van der Waals surface area contributed by atoms with E-state index in [2.05, 4.69) is 15.4 Å². The number of halogens is 2. The van der Waals surface area contributed by atoms with Crippen LogP contribution in [0, 0.1) is 0 Å². The summed E-state index contributed by atoms with van der Waals surface area (Å²) in [6, 6.07) is 20.5. The van der Waals surface area contributed by atoms with Crippen molar-refractivity contribution in [3.05, 3.63) is 93.5 Å². The predicted octanol–water partition coefficient (Wildman–Crippen LogP) is 5.94. The summed E-state index contributed by atoms with van der Waals surface area (Å²) in [5.41, 5.74) is 5.94. The van der Waals surface area contributed by atoms with E-state index in [4.69, 9.17) is 27.9 Å². The predicted molar refractivity (Wildman–Crippen MR) is 130 cm³/mol. The lowest BCUT2D eigenvalue weighted by Crippen LogP contribution is -2.19. The van der Waals surface area contributed by atoms with E-state index in [0.717, 1.165) is 29.9 Å². The fourth-order valence-electron chi connectivity index (χ4n) is 3.53. The maximum atomic E-state index is 12.4. The molecule has 7 heteroatoms. The van der Waals surface area contributed by atoms with Gasteiger partial charge in [0.05, 0.1) is 16.3 Å². The summed E-state index contributed by atoms with van der Waals surface area (Å²) >= 11 is 12.0. The summed E-state index contributed by atoms with van der Waals surface area (Å²) in [4.78, 5) is 14.8. The topological polar surface area (TPSA) is 53.9 Å². The largest absolute Gasteiger partial charge is 0.488 e. The number of benzene rings is 3. The molecule has 32 heavy (non-hydrogen) atoms. The number of anilines is 1. The number of hydrazone groups is 1. The van der Waals surface area contributed by atoms with Crippen molar-refractivity contribution in [1.29, 1.82) is 0 Å². The minimum absolute atomic E-state index is 0.261. The Morgan fingerprint density at radius 2 is 1.75 bits per heavy atom. The van der Waals surface area contributed by atoms with Crippen molar-refractivity contribution in [2.24, 2.45) is 5.10 Å². The summed E-state index contributed by atoms with van der Waals surface area (Å²) in [6.07, 6.45) is 4.01. The van der Waals surface area contributed by atoms with Crippen LogP contribution in [0.2, 0.25) is 10.0 Å². The average Bonchev–Trinajstić information content (AvgIpc) is 3.36. The van der Waals surface area contributed by atoms with Crippen LogP contribution < -0.4 is 15.1 Å². The molecule has 1 aliphatic heterocycles. The van der Waals surface area contributed by atoms with Crippen molar-refractivity contribution < 1.29 is 9.53 Å². The lowest BCUT2D eigenvalue weighted by molar-refractivity contribution is 0.0955. The Morgan fingerprint density at radius 1 is 1.00 bits per heavy atom. The van der Waals surface area contributed by atoms with Gasteiger partial charge >= 0.3 is 0 Å². The smallest absolute Gasteiger partial charge is 0.271 e. The van der Waals surface area contributed by atoms with Crippen LogP contribution in [0.15, 0.2) is 71.8 Å². The quantitative estimate of drug-likeness (QED) is 0.345. The molecule has 1 amide bonds. The van der Waals surface area contributed by atoms with E-state index in [1.54, 1.807) is 18.3 Å². The Kier molecular flexibility index (Phi) is 7.30. The molecule has 0 aromatic heterocycles. The molecule has 0 unspecified atom stereocenters. The zero-order valence-corrected chi connectivity index (χ0v) is 18.9. The lowest BCUT2D eigenvalue weighted by Gasteiger charge is -2.17. The van der Waals surface area contributed by atoms with Crippen molar-refractivity contribution in [2.45, 2.75) is 19.4 Å². The third kappa shape index (κ3) is 5.61. The number of hydrogen-bond acceptors (Lipinski definition) is 4. The SMILES string of the molecule is O=C(N/N=C\c1ccccc1OCc1ccc(Cl)c(Cl)c1)c1ccc(N2CCCC2)cc1. The fraction of sp³-hybridized carbons (Fsp3) is 0.200. The molecule has 4 rings (SSSR count). The Morgan fingerprint density at radius 3 is 2.50 bits per heavy atom. The van der Waals surface area contributed by atoms with Gasteiger partial charge in [0, 0.05) is 29.9 Å². The summed E-state index contributed by atoms with van der Waals surface area (Å²) < 4.78 is 5.91. The zero-order valence-electron chi connectivity index (χ0n) is 17.4. The molecule has 0 atom stereocenters. The van der Waals surface area contributed by atoms with E-state index in [1.807, 2.05) is 54.6 Å². The molecule has 1 heterocycles. The molecule has 3 aromatic carbocycles. The molecule has 0 bridgehead atoms. The van der Waals surface area contributed by atoms with E-state index >= 15 is 0 Å². The van der Waals surface area contributed by atoms with E-state index in [1.165, 1.54) is 12.8 Å². The van der Waals surface area contributed by atoms with Gasteiger partial charge in [-0.05, 0) is 66.9 Å². The van der Waals surface area contributed by atoms with Gasteiger partial charge in [0.1, 0.15) is 12.4 Å². The van der Waals surface area contributed by atoms with Gasteiger partial charge in [-0.3, -0.25) is 4.79 Å². The van der Waals surface area contributed by atoms with Crippen LogP contribution >= 0.6 is 23.2 Å². The van der Waals surface area contributed by atoms with Crippen molar-refractivity contribution >= 4 is 41.0 Å². The van der Waals surface area contributed by atoms with Crippen molar-refractivity contribution in [1.82, 2.24) is 5.43 Å². The minimum atomic E-state index is -0.261. The zero-order chi connectivity index (χ0) is 22.3. The van der Waals surface area contributed by atoms with Gasteiger partial charge in [0.2, 0.25) is 0 Å². The van der Waals surface area contributed by atoms with Crippen molar-refractivity contribution in [2.75, 3.05) is 18.0 Å². The third-order valence-corrected chi connectivity index (χ3v) is 6.01. The highest BCUT2D eigenvalue weighted by Crippen LogP contribution is 2.24. The van der Waals surface area contributed by atoms with Gasteiger partial charge in [-0.1, -0.05) is 41.4 Å². The average molecular weight is 468 g/mol. The maximum Gasteiger partial charge on any atom is 0.271 e. The Balaban J connectivity index is 1.36. The standard InChI is InChI=1S/C25H23Cl2N3O2/c26-22-12-7-18(15-23(22)27)17-32-24-6-2-1-5-20(24)16-28-29-25(31)19-8-10-21(11-9-19)30-13-3-4-14-30/h1-2,5-12,15-16H,3-4,13-14,17H2,(H,29,31)/b28-16-. The molecule has 1 N–H and O–H groups in total. The van der Waals surface area contributed by atoms with Crippen LogP contribution in [0.3, 0.4) is 0 Å². The highest BCUT2D eigenvalue weighted by Gasteiger charge is 2.13. The normalized spacial score (nSPS) is 13.5. The van der Waals surface area contributed by atoms with Crippen LogP contribution in [0.5, 0.6) is 5.75 Å². The van der Waals surface area contributed by atoms with Gasteiger partial charge in [-0.25, -0.2) is 5.43 Å². The Hall–Kier alpha value is -3.02. The molecular weight excluding hydrogens is 445 g/mol. The molecule has 0 radical (unpaired) electrons. The van der Waals surface area contributed by atoms with Crippen LogP contribution in [-0.4, -0.2) is 25.2 Å². The van der Waals surface area contributed by atoms with Gasteiger partial charge < -0.3 is 9.64 Å². The summed E-state index contributed by atoms with van der Waals surface area (Å²) in [6.45, 7) is 2.47. The number of para-hydroxylation sites is 1. The molecule has 0 saturated carbocycles. The first-order valence-corrected chi connectivity index (χ1v) is 11.2. The molecule has 3 aromatic rings. The molecule has 1 saturated heterocycles. The van der Waals surface area contributed by atoms with E-state index in [9.17, 15) is 4.79 Å². The highest BCUT2D eigenvalue weighted by molar-refractivity contribution is 6.42. The summed E-state index contributed by atoms with van der Waals surface area (Å²) in [5.74, 6) is 0.384. The second-order valence-corrected chi connectivity index (χ2v) is 8.33. The first kappa shape index (κ1) is 22.2. The van der Waals surface area contributed by atoms with Crippen molar-refractivity contribution in [3.8, 4) is 5.75 Å². The number of hydrogen-bond donors (Lipinski definition) is 1. The molecular formula is C25H23Cl2N3O2. The lowest BCUT2D eigenvalue weighted by atomic mass is 10.2. The van der Waals surface area contributed by atoms with Gasteiger partial charge in [-0.15, -0.1) is 0 Å². The second-order valence-electron chi connectivity index (χ2n) is 7.52. The number of nitrogens with zero attached hydrogens (tertiary/aromatic N) is 2. The highest BCUT2D eigenvalue weighted by atomic mass is 35.5. The fourth-order valence-corrected chi connectivity index (χ4v) is 3.85. The van der Waals surface area contributed by atoms with E-state index < -0.39 is 0 Å². The third-order valence-electron chi connectivity index (χ3n) is 5.27. The van der Waals surface area contributed by atoms with Crippen LogP contribution in [0.4, 0.5) is 5.69 Å². The molecule has 0 spiro atoms. The van der Waals surface area contributed by atoms with E-state index in [-0.39, 0.29) is 5.91 Å². The monoisotopic (exact) mass is 467 g/mol. The number of ether oxygens (including phenoxy) is 1. The number of carbonyl (C=O) groups excluding carboxylic acids is 1. The number of nitrogens with one attached hydrogen (secondary N) is 1. The van der Waals surface area contributed by atoms with Gasteiger partial charge in [-0.2, -0.15) is 5.10 Å². The van der Waals surface area contributed by atoms with Crippen LogP contribution in [0.25, 0.3) is 0 Å². The summed E-state index contributed by atoms with van der Waals surface area (Å²) in [7, 11) is 0. The maximum absolute atomic E-state index is 12.4. The minimum Gasteiger partial charge on any atom is -0.488 e. The molecule has 1 aliphatic rings. The summed E-state index contributed by atoms with van der Waals surface area (Å²) in [5, 5.41) is 5.09. The van der Waals surface area contributed by atoms with Crippen LogP contribution in [-0.2, 0) is 6.61 Å². The second kappa shape index (κ2) is 10.5. The number of rotatable bonds is 7.